The lowest BCUT2D eigenvalue weighted by molar-refractivity contribution is -0.142. The number of hydrogen-bond acceptors (Lipinski definition) is 3. The molecule has 0 bridgehead atoms. The lowest BCUT2D eigenvalue weighted by Gasteiger charge is -2.29. The maximum absolute atomic E-state index is 13.8. The van der Waals surface area contributed by atoms with Crippen LogP contribution >= 0.6 is 23.2 Å². The van der Waals surface area contributed by atoms with Gasteiger partial charge in [-0.1, -0.05) is 54.2 Å². The van der Waals surface area contributed by atoms with Crippen molar-refractivity contribution in [3.8, 4) is 5.75 Å². The van der Waals surface area contributed by atoms with Crippen LogP contribution in [0.5, 0.6) is 5.75 Å². The third kappa shape index (κ3) is 6.34. The van der Waals surface area contributed by atoms with Gasteiger partial charge in [0.15, 0.2) is 18.2 Å². The lowest BCUT2D eigenvalue weighted by atomic mass is 10.1. The second-order valence-electron chi connectivity index (χ2n) is 7.66. The SMILES string of the molecule is C[C@@H](C(=O)NC1CCCC1)N(Cc1ccc(Cl)c(Cl)c1)C(=O)COc1ccccc1F. The average Bonchev–Trinajstić information content (AvgIpc) is 3.26. The minimum atomic E-state index is -0.744. The van der Waals surface area contributed by atoms with E-state index in [9.17, 15) is 14.0 Å². The van der Waals surface area contributed by atoms with Crippen LogP contribution in [0.3, 0.4) is 0 Å². The third-order valence-electron chi connectivity index (χ3n) is 5.39. The summed E-state index contributed by atoms with van der Waals surface area (Å²) in [7, 11) is 0. The molecule has 1 aliphatic rings. The molecule has 2 aromatic carbocycles. The molecule has 0 aliphatic heterocycles. The molecule has 0 radical (unpaired) electrons. The number of amides is 2. The molecular formula is C23H25Cl2FN2O3. The first-order valence-electron chi connectivity index (χ1n) is 10.3. The number of hydrogen-bond donors (Lipinski definition) is 1. The van der Waals surface area contributed by atoms with Gasteiger partial charge in [0.2, 0.25) is 5.91 Å². The fourth-order valence-electron chi connectivity index (χ4n) is 3.59. The Kier molecular flexibility index (Phi) is 8.15. The van der Waals surface area contributed by atoms with Gasteiger partial charge in [-0.3, -0.25) is 9.59 Å². The molecule has 1 saturated carbocycles. The Bertz CT molecular complexity index is 935. The van der Waals surface area contributed by atoms with Crippen LogP contribution in [0.15, 0.2) is 42.5 Å². The van der Waals surface area contributed by atoms with Crippen LogP contribution in [0, 0.1) is 5.82 Å². The van der Waals surface area contributed by atoms with E-state index in [-0.39, 0.29) is 24.2 Å². The third-order valence-corrected chi connectivity index (χ3v) is 6.13. The van der Waals surface area contributed by atoms with Crippen LogP contribution in [-0.2, 0) is 16.1 Å². The molecule has 0 unspecified atom stereocenters. The van der Waals surface area contributed by atoms with E-state index in [1.165, 1.54) is 23.1 Å². The Balaban J connectivity index is 1.74. The first-order chi connectivity index (χ1) is 14.8. The van der Waals surface area contributed by atoms with Crippen LogP contribution in [0.2, 0.25) is 10.0 Å². The molecule has 2 amide bonds. The van der Waals surface area contributed by atoms with Crippen molar-refractivity contribution >= 4 is 35.0 Å². The maximum Gasteiger partial charge on any atom is 0.261 e. The summed E-state index contributed by atoms with van der Waals surface area (Å²) in [5.74, 6) is -1.25. The Morgan fingerprint density at radius 1 is 1.16 bits per heavy atom. The highest BCUT2D eigenvalue weighted by atomic mass is 35.5. The van der Waals surface area contributed by atoms with E-state index in [4.69, 9.17) is 27.9 Å². The van der Waals surface area contributed by atoms with Gasteiger partial charge in [0.05, 0.1) is 10.0 Å². The van der Waals surface area contributed by atoms with Gasteiger partial charge in [-0.15, -0.1) is 0 Å². The summed E-state index contributed by atoms with van der Waals surface area (Å²) < 4.78 is 19.2. The molecule has 2 aromatic rings. The summed E-state index contributed by atoms with van der Waals surface area (Å²) in [6.45, 7) is 1.40. The number of benzene rings is 2. The van der Waals surface area contributed by atoms with Crippen molar-refractivity contribution in [3.05, 3.63) is 63.9 Å². The second kappa shape index (κ2) is 10.8. The van der Waals surface area contributed by atoms with Gasteiger partial charge in [-0.05, 0) is 49.6 Å². The van der Waals surface area contributed by atoms with Crippen LogP contribution in [0.4, 0.5) is 4.39 Å². The normalized spacial score (nSPS) is 14.8. The number of para-hydroxylation sites is 1. The highest BCUT2D eigenvalue weighted by Crippen LogP contribution is 2.24. The van der Waals surface area contributed by atoms with E-state index >= 15 is 0 Å². The fraction of sp³-hybridized carbons (Fsp3) is 0.391. The van der Waals surface area contributed by atoms with Gasteiger partial charge >= 0.3 is 0 Å². The number of nitrogens with one attached hydrogen (secondary N) is 1. The molecule has 3 rings (SSSR count). The quantitative estimate of drug-likeness (QED) is 0.596. The second-order valence-corrected chi connectivity index (χ2v) is 8.47. The number of halogens is 3. The molecule has 1 N–H and O–H groups in total. The lowest BCUT2D eigenvalue weighted by Crippen LogP contribution is -2.50. The van der Waals surface area contributed by atoms with Crippen molar-refractivity contribution in [1.82, 2.24) is 10.2 Å². The van der Waals surface area contributed by atoms with Crippen LogP contribution in [-0.4, -0.2) is 35.4 Å². The number of rotatable bonds is 8. The predicted molar refractivity (Wildman–Crippen MR) is 119 cm³/mol. The Labute approximate surface area is 191 Å². The summed E-state index contributed by atoms with van der Waals surface area (Å²) in [6, 6.07) is 10.3. The predicted octanol–water partition coefficient (Wildman–Crippen LogP) is 4.99. The van der Waals surface area contributed by atoms with E-state index < -0.39 is 24.4 Å². The van der Waals surface area contributed by atoms with Crippen LogP contribution < -0.4 is 10.1 Å². The molecule has 1 atom stereocenters. The topological polar surface area (TPSA) is 58.6 Å². The molecule has 0 saturated heterocycles. The molecule has 0 spiro atoms. The van der Waals surface area contributed by atoms with Crippen molar-refractivity contribution in [3.63, 3.8) is 0 Å². The zero-order valence-electron chi connectivity index (χ0n) is 17.2. The van der Waals surface area contributed by atoms with Gasteiger partial charge in [-0.25, -0.2) is 4.39 Å². The zero-order valence-corrected chi connectivity index (χ0v) is 18.8. The molecule has 1 fully saturated rings. The molecule has 0 heterocycles. The summed E-state index contributed by atoms with van der Waals surface area (Å²) in [6.07, 6.45) is 4.05. The van der Waals surface area contributed by atoms with Gasteiger partial charge in [0.25, 0.3) is 5.91 Å². The van der Waals surface area contributed by atoms with Crippen molar-refractivity contribution in [2.24, 2.45) is 0 Å². The number of carbonyl (C=O) groups excluding carboxylic acids is 2. The fourth-order valence-corrected chi connectivity index (χ4v) is 3.91. The Morgan fingerprint density at radius 3 is 2.55 bits per heavy atom. The molecular weight excluding hydrogens is 442 g/mol. The van der Waals surface area contributed by atoms with Crippen molar-refractivity contribution in [2.45, 2.75) is 51.2 Å². The van der Waals surface area contributed by atoms with Gasteiger partial charge < -0.3 is 15.0 Å². The molecule has 1 aliphatic carbocycles. The number of nitrogens with zero attached hydrogens (tertiary/aromatic N) is 1. The van der Waals surface area contributed by atoms with Crippen molar-refractivity contribution in [2.75, 3.05) is 6.61 Å². The number of ether oxygens (including phenoxy) is 1. The maximum atomic E-state index is 13.8. The van der Waals surface area contributed by atoms with Crippen molar-refractivity contribution in [1.29, 1.82) is 0 Å². The summed E-state index contributed by atoms with van der Waals surface area (Å²) in [4.78, 5) is 27.2. The van der Waals surface area contributed by atoms with Gasteiger partial charge in [0, 0.05) is 12.6 Å². The average molecular weight is 467 g/mol. The minimum Gasteiger partial charge on any atom is -0.481 e. The van der Waals surface area contributed by atoms with Crippen LogP contribution in [0.25, 0.3) is 0 Å². The van der Waals surface area contributed by atoms with E-state index in [0.717, 1.165) is 25.7 Å². The van der Waals surface area contributed by atoms with Gasteiger partial charge in [-0.2, -0.15) is 0 Å². The molecule has 166 valence electrons. The summed E-state index contributed by atoms with van der Waals surface area (Å²) in [5, 5.41) is 3.78. The van der Waals surface area contributed by atoms with E-state index in [2.05, 4.69) is 5.32 Å². The molecule has 8 heteroatoms. The van der Waals surface area contributed by atoms with E-state index in [0.29, 0.717) is 15.6 Å². The molecule has 5 nitrogen and oxygen atoms in total. The van der Waals surface area contributed by atoms with E-state index in [1.807, 2.05) is 0 Å². The number of carbonyl (C=O) groups is 2. The highest BCUT2D eigenvalue weighted by molar-refractivity contribution is 6.42. The monoisotopic (exact) mass is 466 g/mol. The first-order valence-corrected chi connectivity index (χ1v) is 11.0. The Hall–Kier alpha value is -2.31. The zero-order chi connectivity index (χ0) is 22.4. The molecule has 31 heavy (non-hydrogen) atoms. The van der Waals surface area contributed by atoms with Gasteiger partial charge in [0.1, 0.15) is 6.04 Å². The highest BCUT2D eigenvalue weighted by Gasteiger charge is 2.29. The molecule has 0 aromatic heterocycles. The first kappa shape index (κ1) is 23.4. The van der Waals surface area contributed by atoms with Crippen molar-refractivity contribution < 1.29 is 18.7 Å². The summed E-state index contributed by atoms with van der Waals surface area (Å²) >= 11 is 12.1. The largest absolute Gasteiger partial charge is 0.481 e. The smallest absolute Gasteiger partial charge is 0.261 e. The van der Waals surface area contributed by atoms with Crippen LogP contribution in [0.1, 0.15) is 38.2 Å². The van der Waals surface area contributed by atoms with E-state index in [1.54, 1.807) is 31.2 Å². The standard InChI is InChI=1S/C23H25Cl2FN2O3/c1-15(23(30)27-17-6-2-3-7-17)28(13-16-10-11-18(24)19(25)12-16)22(29)14-31-21-9-5-4-8-20(21)26/h4-5,8-12,15,17H,2-3,6-7,13-14H2,1H3,(H,27,30)/t15-/m0/s1. The Morgan fingerprint density at radius 2 is 1.87 bits per heavy atom. The summed E-state index contributed by atoms with van der Waals surface area (Å²) in [5.41, 5.74) is 0.717. The minimum absolute atomic E-state index is 0.0200.